The average Bonchev–Trinajstić information content (AvgIpc) is 3.28. The van der Waals surface area contributed by atoms with Crippen LogP contribution in [0, 0.1) is 28.6 Å². The molecule has 4 amide bonds. The number of likely N-dealkylation sites (tertiary alicyclic amines) is 2. The van der Waals surface area contributed by atoms with E-state index in [1.54, 1.807) is 18.2 Å². The fourth-order valence-corrected chi connectivity index (χ4v) is 8.40. The van der Waals surface area contributed by atoms with Gasteiger partial charge < -0.3 is 14.5 Å². The first-order valence-corrected chi connectivity index (χ1v) is 16.4. The number of amides is 4. The standard InChI is InChI=1S/C33H39F2N5O5/c34-33(35)12-1-3-26(45-23-4-5-24-21(15-23)18-40(30(24)43)25-6-7-27(41)37-29(25)42)28(33)39-16-22(17-39)20-8-13-38(14-9-20)31(44)32(19-36)10-2-11-32/h4-5,15,20,22,25-26,28H,1-3,6-14,16-18H2,(H,37,41,42)/t25?,26-,28-/m0/s1. The number of ether oxygens (including phenoxy) is 1. The molecule has 4 aliphatic heterocycles. The van der Waals surface area contributed by atoms with Gasteiger partial charge in [0.1, 0.15) is 29.4 Å². The molecule has 0 bridgehead atoms. The number of hydrogen-bond acceptors (Lipinski definition) is 7. The van der Waals surface area contributed by atoms with Crippen molar-refractivity contribution in [3.8, 4) is 11.8 Å². The summed E-state index contributed by atoms with van der Waals surface area (Å²) in [4.78, 5) is 55.1. The molecular weight excluding hydrogens is 584 g/mol. The van der Waals surface area contributed by atoms with Gasteiger partial charge in [-0.1, -0.05) is 0 Å². The van der Waals surface area contributed by atoms with E-state index >= 15 is 8.78 Å². The Hall–Kier alpha value is -3.59. The summed E-state index contributed by atoms with van der Waals surface area (Å²) in [6.45, 7) is 2.58. The van der Waals surface area contributed by atoms with Crippen molar-refractivity contribution in [1.29, 1.82) is 5.26 Å². The monoisotopic (exact) mass is 623 g/mol. The molecule has 2 aliphatic carbocycles. The molecule has 1 aromatic rings. The van der Waals surface area contributed by atoms with Crippen LogP contribution in [0.5, 0.6) is 5.75 Å². The molecule has 7 rings (SSSR count). The zero-order chi connectivity index (χ0) is 31.5. The number of nitrogens with zero attached hydrogens (tertiary/aromatic N) is 4. The Balaban J connectivity index is 0.971. The number of carbonyl (C=O) groups excluding carboxylic acids is 4. The Morgan fingerprint density at radius 2 is 1.76 bits per heavy atom. The first-order chi connectivity index (χ1) is 21.6. The largest absolute Gasteiger partial charge is 0.489 e. The number of rotatable bonds is 6. The fourth-order valence-electron chi connectivity index (χ4n) is 8.40. The van der Waals surface area contributed by atoms with Crippen LogP contribution >= 0.6 is 0 Å². The van der Waals surface area contributed by atoms with Crippen LogP contribution in [0.25, 0.3) is 0 Å². The number of carbonyl (C=O) groups is 4. The molecule has 2 saturated carbocycles. The summed E-state index contributed by atoms with van der Waals surface area (Å²) < 4.78 is 37.2. The van der Waals surface area contributed by atoms with E-state index in [1.807, 2.05) is 9.80 Å². The van der Waals surface area contributed by atoms with Gasteiger partial charge in [0.15, 0.2) is 0 Å². The summed E-state index contributed by atoms with van der Waals surface area (Å²) in [5.74, 6) is -2.97. The van der Waals surface area contributed by atoms with Gasteiger partial charge in [-0.25, -0.2) is 8.78 Å². The third-order valence-electron chi connectivity index (χ3n) is 11.2. The lowest BCUT2D eigenvalue weighted by Crippen LogP contribution is -2.66. The van der Waals surface area contributed by atoms with Gasteiger partial charge in [0.25, 0.3) is 11.8 Å². The molecule has 10 nitrogen and oxygen atoms in total. The van der Waals surface area contributed by atoms with Crippen molar-refractivity contribution in [3.05, 3.63) is 29.3 Å². The summed E-state index contributed by atoms with van der Waals surface area (Å²) >= 11 is 0. The topological polar surface area (TPSA) is 123 Å². The van der Waals surface area contributed by atoms with Crippen LogP contribution < -0.4 is 10.1 Å². The van der Waals surface area contributed by atoms with Crippen molar-refractivity contribution in [2.24, 2.45) is 17.3 Å². The lowest BCUT2D eigenvalue weighted by atomic mass is 9.68. The van der Waals surface area contributed by atoms with E-state index in [0.29, 0.717) is 80.6 Å². The zero-order valence-corrected chi connectivity index (χ0v) is 25.3. The Labute approximate surface area is 261 Å². The molecule has 1 unspecified atom stereocenters. The molecule has 4 heterocycles. The van der Waals surface area contributed by atoms with Crippen molar-refractivity contribution in [1.82, 2.24) is 20.0 Å². The SMILES string of the molecule is N#CC1(C(=O)N2CCC(C3CN([C@H]4[C@@H](Oc5ccc6c(c5)CN(C5CCC(=O)NC5=O)C6=O)CCCC4(F)F)C3)CC2)CCC1. The van der Waals surface area contributed by atoms with Gasteiger partial charge in [-0.2, -0.15) is 5.26 Å². The van der Waals surface area contributed by atoms with Crippen LogP contribution in [0.15, 0.2) is 18.2 Å². The third kappa shape index (κ3) is 5.27. The van der Waals surface area contributed by atoms with E-state index in [0.717, 1.165) is 19.3 Å². The number of halogens is 2. The molecular formula is C33H39F2N5O5. The van der Waals surface area contributed by atoms with Crippen LogP contribution in [-0.2, 0) is 20.9 Å². The number of benzene rings is 1. The second-order valence-electron chi connectivity index (χ2n) is 13.9. The summed E-state index contributed by atoms with van der Waals surface area (Å²) in [6, 6.07) is 5.47. The van der Waals surface area contributed by atoms with Gasteiger partial charge >= 0.3 is 0 Å². The third-order valence-corrected chi connectivity index (χ3v) is 11.2. The maximum absolute atomic E-state index is 15.5. The Bertz CT molecular complexity index is 1440. The molecule has 6 aliphatic rings. The Morgan fingerprint density at radius 3 is 2.42 bits per heavy atom. The molecule has 0 spiro atoms. The number of alkyl halides is 2. The molecule has 0 radical (unpaired) electrons. The number of imide groups is 1. The number of nitriles is 1. The van der Waals surface area contributed by atoms with Crippen LogP contribution in [0.2, 0.25) is 0 Å². The minimum absolute atomic E-state index is 0.0358. The van der Waals surface area contributed by atoms with Gasteiger partial charge in [0.05, 0.1) is 6.07 Å². The predicted molar refractivity (Wildman–Crippen MR) is 156 cm³/mol. The second-order valence-corrected chi connectivity index (χ2v) is 13.9. The average molecular weight is 624 g/mol. The summed E-state index contributed by atoms with van der Waals surface area (Å²) in [5.41, 5.74) is 0.294. The highest BCUT2D eigenvalue weighted by molar-refractivity contribution is 6.05. The molecule has 1 N–H and O–H groups in total. The predicted octanol–water partition coefficient (Wildman–Crippen LogP) is 3.25. The smallest absolute Gasteiger partial charge is 0.266 e. The number of hydrogen-bond donors (Lipinski definition) is 1. The fraction of sp³-hybridized carbons (Fsp3) is 0.667. The molecule has 3 saturated heterocycles. The minimum Gasteiger partial charge on any atom is -0.489 e. The zero-order valence-electron chi connectivity index (χ0n) is 25.3. The van der Waals surface area contributed by atoms with Gasteiger partial charge in [-0.3, -0.25) is 29.4 Å². The Kier molecular flexibility index (Phi) is 7.58. The summed E-state index contributed by atoms with van der Waals surface area (Å²) in [5, 5.41) is 11.8. The maximum Gasteiger partial charge on any atom is 0.266 e. The van der Waals surface area contributed by atoms with Crippen molar-refractivity contribution in [3.63, 3.8) is 0 Å². The van der Waals surface area contributed by atoms with E-state index in [4.69, 9.17) is 4.74 Å². The van der Waals surface area contributed by atoms with Crippen molar-refractivity contribution < 1.29 is 32.7 Å². The number of nitrogens with one attached hydrogen (secondary N) is 1. The molecule has 0 aromatic heterocycles. The van der Waals surface area contributed by atoms with Gasteiger partial charge in [0, 0.05) is 51.1 Å². The van der Waals surface area contributed by atoms with Crippen molar-refractivity contribution in [2.75, 3.05) is 26.2 Å². The maximum atomic E-state index is 15.5. The highest BCUT2D eigenvalue weighted by Gasteiger charge is 2.55. The quantitative estimate of drug-likeness (QED) is 0.483. The molecule has 240 valence electrons. The molecule has 45 heavy (non-hydrogen) atoms. The van der Waals surface area contributed by atoms with Crippen molar-refractivity contribution in [2.45, 2.75) is 94.9 Å². The van der Waals surface area contributed by atoms with E-state index < -0.39 is 35.4 Å². The van der Waals surface area contributed by atoms with Gasteiger partial charge in [-0.15, -0.1) is 0 Å². The van der Waals surface area contributed by atoms with Crippen LogP contribution in [-0.4, -0.2) is 88.6 Å². The van der Waals surface area contributed by atoms with E-state index in [1.165, 1.54) is 4.90 Å². The van der Waals surface area contributed by atoms with E-state index in [-0.39, 0.29) is 43.5 Å². The lowest BCUT2D eigenvalue weighted by molar-refractivity contribution is -0.173. The number of fused-ring (bicyclic) bond motifs is 1. The molecule has 5 fully saturated rings. The highest BCUT2D eigenvalue weighted by Crippen LogP contribution is 2.45. The summed E-state index contributed by atoms with van der Waals surface area (Å²) in [7, 11) is 0. The first kappa shape index (κ1) is 30.1. The number of piperidine rings is 2. The van der Waals surface area contributed by atoms with Crippen molar-refractivity contribution >= 4 is 23.6 Å². The molecule has 3 atom stereocenters. The minimum atomic E-state index is -2.90. The van der Waals surface area contributed by atoms with Gasteiger partial charge in [-0.05, 0) is 87.0 Å². The highest BCUT2D eigenvalue weighted by atomic mass is 19.3. The van der Waals surface area contributed by atoms with Crippen LogP contribution in [0.1, 0.15) is 80.1 Å². The molecule has 12 heteroatoms. The Morgan fingerprint density at radius 1 is 1.00 bits per heavy atom. The van der Waals surface area contributed by atoms with Crippen LogP contribution in [0.3, 0.4) is 0 Å². The van der Waals surface area contributed by atoms with E-state index in [9.17, 15) is 24.4 Å². The van der Waals surface area contributed by atoms with Gasteiger partial charge in [0.2, 0.25) is 17.7 Å². The second kappa shape index (κ2) is 11.3. The lowest BCUT2D eigenvalue weighted by Gasteiger charge is -2.53. The molecule has 1 aromatic carbocycles. The van der Waals surface area contributed by atoms with Crippen LogP contribution in [0.4, 0.5) is 8.78 Å². The summed E-state index contributed by atoms with van der Waals surface area (Å²) in [6.07, 6.45) is 4.26. The van der Waals surface area contributed by atoms with E-state index in [2.05, 4.69) is 11.4 Å². The normalized spacial score (nSPS) is 30.2. The first-order valence-electron chi connectivity index (χ1n) is 16.4.